The molecular weight excluding hydrogens is 616 g/mol. The van der Waals surface area contributed by atoms with Crippen molar-refractivity contribution in [1.82, 2.24) is 29.7 Å². The van der Waals surface area contributed by atoms with Crippen LogP contribution in [0.15, 0.2) is 48.8 Å². The van der Waals surface area contributed by atoms with E-state index in [1.54, 1.807) is 11.1 Å². The topological polar surface area (TPSA) is 116 Å². The maximum Gasteiger partial charge on any atom is 0.411 e. The van der Waals surface area contributed by atoms with Crippen molar-refractivity contribution < 1.29 is 19.1 Å². The number of aromatic amines is 2. The molecule has 1 saturated carbocycles. The minimum atomic E-state index is -0.553. The van der Waals surface area contributed by atoms with Gasteiger partial charge in [-0.05, 0) is 114 Å². The summed E-state index contributed by atoms with van der Waals surface area (Å²) in [4.78, 5) is 45.9. The van der Waals surface area contributed by atoms with Gasteiger partial charge in [-0.15, -0.1) is 0 Å². The summed E-state index contributed by atoms with van der Waals surface area (Å²) in [6, 6.07) is 12.4. The Balaban J connectivity index is 1.05. The summed E-state index contributed by atoms with van der Waals surface area (Å²) in [6.45, 7) is 14.1. The summed E-state index contributed by atoms with van der Waals surface area (Å²) >= 11 is 0. The van der Waals surface area contributed by atoms with Crippen LogP contribution in [0.2, 0.25) is 0 Å². The van der Waals surface area contributed by atoms with Crippen molar-refractivity contribution >= 4 is 23.0 Å². The maximum absolute atomic E-state index is 13.1. The van der Waals surface area contributed by atoms with E-state index in [1.807, 2.05) is 58.7 Å². The van der Waals surface area contributed by atoms with Crippen LogP contribution >= 0.6 is 0 Å². The fourth-order valence-electron chi connectivity index (χ4n) is 7.32. The first-order chi connectivity index (χ1) is 23.2. The number of nitrogens with zero attached hydrogens (tertiary/aromatic N) is 4. The van der Waals surface area contributed by atoms with Crippen LogP contribution in [0, 0.1) is 23.7 Å². The second kappa shape index (κ2) is 12.3. The number of H-pyrrole nitrogens is 2. The highest BCUT2D eigenvalue weighted by atomic mass is 16.6. The van der Waals surface area contributed by atoms with Gasteiger partial charge in [-0.3, -0.25) is 9.80 Å². The molecule has 0 radical (unpaired) electrons. The molecule has 0 spiro atoms. The number of carbonyl (C=O) groups is 2. The van der Waals surface area contributed by atoms with Crippen LogP contribution in [0.1, 0.15) is 109 Å². The molecule has 3 fully saturated rings. The fourth-order valence-corrected chi connectivity index (χ4v) is 7.32. The van der Waals surface area contributed by atoms with Gasteiger partial charge in [0.15, 0.2) is 0 Å². The Morgan fingerprint density at radius 1 is 0.816 bits per heavy atom. The van der Waals surface area contributed by atoms with Crippen LogP contribution in [-0.2, 0) is 9.47 Å². The van der Waals surface area contributed by atoms with E-state index in [-0.39, 0.29) is 30.3 Å². The lowest BCUT2D eigenvalue weighted by Gasteiger charge is -2.37. The molecule has 7 rings (SSSR count). The number of aromatic nitrogens is 4. The predicted molar refractivity (Wildman–Crippen MR) is 188 cm³/mol. The normalized spacial score (nSPS) is 23.5. The van der Waals surface area contributed by atoms with Crippen molar-refractivity contribution in [2.45, 2.75) is 103 Å². The molecule has 2 aromatic carbocycles. The first-order valence-corrected chi connectivity index (χ1v) is 17.4. The van der Waals surface area contributed by atoms with Crippen molar-refractivity contribution in [3.8, 4) is 23.1 Å². The number of hydrogen-bond acceptors (Lipinski definition) is 6. The van der Waals surface area contributed by atoms with Gasteiger partial charge in [-0.1, -0.05) is 31.0 Å². The third kappa shape index (κ3) is 6.89. The van der Waals surface area contributed by atoms with Gasteiger partial charge in [0.25, 0.3) is 0 Å². The van der Waals surface area contributed by atoms with Gasteiger partial charge in [0, 0.05) is 23.7 Å². The Kier molecular flexibility index (Phi) is 8.21. The van der Waals surface area contributed by atoms with Crippen LogP contribution in [0.3, 0.4) is 0 Å². The van der Waals surface area contributed by atoms with E-state index >= 15 is 0 Å². The molecule has 2 amide bonds. The molecular formula is C39H46N6O4. The molecule has 10 heteroatoms. The average molecular weight is 663 g/mol. The molecule has 1 aliphatic carbocycles. The van der Waals surface area contributed by atoms with Gasteiger partial charge >= 0.3 is 12.2 Å². The van der Waals surface area contributed by atoms with Gasteiger partial charge in [-0.25, -0.2) is 19.6 Å². The summed E-state index contributed by atoms with van der Waals surface area (Å²) in [5, 5.41) is 2.17. The average Bonchev–Trinajstić information content (AvgIpc) is 3.80. The molecule has 49 heavy (non-hydrogen) atoms. The van der Waals surface area contributed by atoms with Crippen LogP contribution < -0.4 is 0 Å². The molecule has 5 atom stereocenters. The monoisotopic (exact) mass is 662 g/mol. The van der Waals surface area contributed by atoms with Crippen molar-refractivity contribution in [2.75, 3.05) is 6.54 Å². The van der Waals surface area contributed by atoms with Crippen molar-refractivity contribution in [2.24, 2.45) is 11.8 Å². The van der Waals surface area contributed by atoms with Gasteiger partial charge < -0.3 is 19.4 Å². The maximum atomic E-state index is 13.1. The number of rotatable bonds is 3. The SMILES string of the molecule is C[C@@H]1C[C@@H](c2ncc(-c3ccc4cc(C#Cc5cnc([C@@H]6C[C@H]7CC[C@H]7N6C(=O)OC(C)(C)C)[nH]5)ccc4c3)[nH]2)N(C(=O)OC(C)(C)C)C1. The first-order valence-electron chi connectivity index (χ1n) is 17.4. The molecule has 2 saturated heterocycles. The highest BCUT2D eigenvalue weighted by Crippen LogP contribution is 2.49. The zero-order valence-corrected chi connectivity index (χ0v) is 29.5. The highest BCUT2D eigenvalue weighted by Gasteiger charge is 2.51. The summed E-state index contributed by atoms with van der Waals surface area (Å²) < 4.78 is 11.4. The van der Waals surface area contributed by atoms with Crippen molar-refractivity contribution in [3.05, 3.63) is 71.7 Å². The molecule has 2 aromatic heterocycles. The van der Waals surface area contributed by atoms with E-state index in [1.165, 1.54) is 0 Å². The van der Waals surface area contributed by atoms with E-state index in [9.17, 15) is 9.59 Å². The van der Waals surface area contributed by atoms with E-state index in [2.05, 4.69) is 64.0 Å². The molecule has 3 aliphatic rings. The Bertz CT molecular complexity index is 1950. The molecule has 10 nitrogen and oxygen atoms in total. The summed E-state index contributed by atoms with van der Waals surface area (Å²) in [6.07, 6.45) is 6.89. The van der Waals surface area contributed by atoms with Gasteiger partial charge in [0.2, 0.25) is 0 Å². The van der Waals surface area contributed by atoms with Crippen LogP contribution in [-0.4, -0.2) is 65.7 Å². The summed E-state index contributed by atoms with van der Waals surface area (Å²) in [7, 11) is 0. The zero-order chi connectivity index (χ0) is 34.7. The standard InChI is InChI=1S/C39H46N6O4/c1-23-16-32(44(22-23)36(46)48-38(2,3)4)34-41-21-30(43-34)27-12-11-25-17-24(8-10-26(25)18-27)9-14-29-20-40-35(42-29)33-19-28-13-15-31(28)45(33)37(47)49-39(5,6)7/h8,10-12,17-18,20-21,23,28,31-33H,13,15-16,19,22H2,1-7H3,(H,40,42)(H,41,43)/t23-,28-,31-,32+,33+/m1/s1. The molecule has 4 aromatic rings. The molecule has 2 aliphatic heterocycles. The quantitative estimate of drug-likeness (QED) is 0.214. The molecule has 0 unspecified atom stereocenters. The minimum absolute atomic E-state index is 0.130. The Labute approximate surface area is 288 Å². The van der Waals surface area contributed by atoms with Crippen molar-refractivity contribution in [1.29, 1.82) is 0 Å². The van der Waals surface area contributed by atoms with Gasteiger partial charge in [0.1, 0.15) is 28.5 Å². The number of nitrogens with one attached hydrogen (secondary N) is 2. The second-order valence-electron chi connectivity index (χ2n) is 15.9. The number of ether oxygens (including phenoxy) is 2. The van der Waals surface area contributed by atoms with E-state index < -0.39 is 11.2 Å². The Morgan fingerprint density at radius 2 is 1.51 bits per heavy atom. The second-order valence-corrected chi connectivity index (χ2v) is 15.9. The number of hydrogen-bond donors (Lipinski definition) is 2. The molecule has 0 bridgehead atoms. The largest absolute Gasteiger partial charge is 0.444 e. The third-order valence-corrected chi connectivity index (χ3v) is 9.65. The Morgan fingerprint density at radius 3 is 2.24 bits per heavy atom. The molecule has 256 valence electrons. The van der Waals surface area contributed by atoms with E-state index in [4.69, 9.17) is 14.5 Å². The van der Waals surface area contributed by atoms with E-state index in [0.29, 0.717) is 24.1 Å². The van der Waals surface area contributed by atoms with Gasteiger partial charge in [0.05, 0.1) is 30.2 Å². The number of amides is 2. The third-order valence-electron chi connectivity index (χ3n) is 9.65. The predicted octanol–water partition coefficient (Wildman–Crippen LogP) is 8.13. The number of carbonyl (C=O) groups excluding carboxylic acids is 2. The van der Waals surface area contributed by atoms with Crippen LogP contribution in [0.4, 0.5) is 9.59 Å². The smallest absolute Gasteiger partial charge is 0.411 e. The Hall–Kier alpha value is -4.78. The summed E-state index contributed by atoms with van der Waals surface area (Å²) in [5.41, 5.74) is 2.43. The highest BCUT2D eigenvalue weighted by molar-refractivity contribution is 5.88. The van der Waals surface area contributed by atoms with Crippen LogP contribution in [0.25, 0.3) is 22.0 Å². The number of likely N-dealkylation sites (tertiary alicyclic amines) is 2. The van der Waals surface area contributed by atoms with Gasteiger partial charge in [-0.2, -0.15) is 0 Å². The lowest BCUT2D eigenvalue weighted by Crippen LogP contribution is -2.46. The molecule has 4 heterocycles. The lowest BCUT2D eigenvalue weighted by atomic mass is 9.80. The van der Waals surface area contributed by atoms with E-state index in [0.717, 1.165) is 64.9 Å². The molecule has 2 N–H and O–H groups in total. The number of imidazole rings is 2. The number of benzene rings is 2. The summed E-state index contributed by atoms with van der Waals surface area (Å²) in [5.74, 6) is 8.90. The zero-order valence-electron chi connectivity index (χ0n) is 29.5. The first kappa shape index (κ1) is 32.8. The van der Waals surface area contributed by atoms with Crippen molar-refractivity contribution in [3.63, 3.8) is 0 Å². The lowest BCUT2D eigenvalue weighted by molar-refractivity contribution is 0.00473. The fraction of sp³-hybridized carbons (Fsp3) is 0.487. The number of fused-ring (bicyclic) bond motifs is 2. The minimum Gasteiger partial charge on any atom is -0.444 e. The van der Waals surface area contributed by atoms with Crippen LogP contribution in [0.5, 0.6) is 0 Å².